The lowest BCUT2D eigenvalue weighted by Gasteiger charge is -2.42. The molecular weight excluding hydrogens is 580 g/mol. The number of aliphatic hydroxyl groups excluding tert-OH is 7. The monoisotopic (exact) mass is 610 g/mol. The number of fused-ring (bicyclic) bond motifs is 1. The van der Waals surface area contributed by atoms with Crippen molar-refractivity contribution in [2.24, 2.45) is 0 Å². The fourth-order valence-electron chi connectivity index (χ4n) is 4.81. The molecular formula is C27H30O16. The van der Waals surface area contributed by atoms with Crippen molar-refractivity contribution in [1.82, 2.24) is 0 Å². The van der Waals surface area contributed by atoms with E-state index < -0.39 is 97.3 Å². The first-order valence-corrected chi connectivity index (χ1v) is 13.0. The number of hydrogen-bond acceptors (Lipinski definition) is 16. The Bertz CT molecular complexity index is 1510. The number of ether oxygens (including phenoxy) is 4. The van der Waals surface area contributed by atoms with E-state index in [1.165, 1.54) is 18.2 Å². The smallest absolute Gasteiger partial charge is 0.229 e. The normalized spacial score (nSPS) is 33.0. The second kappa shape index (κ2) is 12.2. The molecule has 0 unspecified atom stereocenters. The van der Waals surface area contributed by atoms with Gasteiger partial charge in [0.1, 0.15) is 77.1 Å². The van der Waals surface area contributed by atoms with Crippen LogP contribution in [0.3, 0.4) is 0 Å². The number of benzene rings is 2. The van der Waals surface area contributed by atoms with E-state index in [2.05, 4.69) is 0 Å². The van der Waals surface area contributed by atoms with Gasteiger partial charge in [0.15, 0.2) is 23.2 Å². The molecule has 16 heteroatoms. The van der Waals surface area contributed by atoms with Crippen LogP contribution in [0.1, 0.15) is 0 Å². The van der Waals surface area contributed by atoms with Gasteiger partial charge in [-0.2, -0.15) is 0 Å². The first-order valence-electron chi connectivity index (χ1n) is 13.0. The number of hydrogen-bond donors (Lipinski definition) is 10. The molecule has 5 rings (SSSR count). The Hall–Kier alpha value is -3.55. The fraction of sp³-hybridized carbons (Fsp3) is 0.444. The quantitative estimate of drug-likeness (QED) is 0.125. The highest BCUT2D eigenvalue weighted by atomic mass is 16.7. The van der Waals surface area contributed by atoms with Crippen molar-refractivity contribution in [1.29, 1.82) is 0 Å². The number of aromatic hydroxyl groups is 3. The number of aliphatic hydroxyl groups is 7. The van der Waals surface area contributed by atoms with Crippen LogP contribution in [0.25, 0.3) is 22.3 Å². The zero-order valence-corrected chi connectivity index (χ0v) is 22.1. The molecule has 43 heavy (non-hydrogen) atoms. The summed E-state index contributed by atoms with van der Waals surface area (Å²) in [5.41, 5.74) is -0.588. The maximum absolute atomic E-state index is 12.7. The molecule has 0 bridgehead atoms. The molecule has 10 N–H and O–H groups in total. The van der Waals surface area contributed by atoms with Gasteiger partial charge in [-0.05, 0) is 18.2 Å². The fourth-order valence-corrected chi connectivity index (χ4v) is 4.81. The van der Waals surface area contributed by atoms with E-state index in [4.69, 9.17) is 23.4 Å². The zero-order chi connectivity index (χ0) is 31.2. The summed E-state index contributed by atoms with van der Waals surface area (Å²) >= 11 is 0. The minimum absolute atomic E-state index is 0.0257. The summed E-state index contributed by atoms with van der Waals surface area (Å²) in [4.78, 5) is 12.7. The molecule has 2 aliphatic rings. The maximum Gasteiger partial charge on any atom is 0.229 e. The van der Waals surface area contributed by atoms with Gasteiger partial charge >= 0.3 is 0 Å². The van der Waals surface area contributed by atoms with Crippen LogP contribution in [0.4, 0.5) is 0 Å². The highest BCUT2D eigenvalue weighted by Crippen LogP contribution is 2.35. The van der Waals surface area contributed by atoms with Gasteiger partial charge in [0.2, 0.25) is 6.29 Å². The van der Waals surface area contributed by atoms with Gasteiger partial charge in [-0.15, -0.1) is 0 Å². The van der Waals surface area contributed by atoms with Crippen molar-refractivity contribution in [3.05, 3.63) is 46.6 Å². The Kier molecular flexibility index (Phi) is 8.77. The van der Waals surface area contributed by atoms with E-state index in [0.29, 0.717) is 0 Å². The first kappa shape index (κ1) is 30.9. The molecule has 0 aliphatic carbocycles. The Morgan fingerprint density at radius 2 is 1.35 bits per heavy atom. The minimum Gasteiger partial charge on any atom is -0.507 e. The SMILES string of the molecule is O=c1cc(-c2ccc(O)c(O)c2)oc2cc(O[C@@H]3O[C@H](CO[C@@H]4O[C@@H](CO)[C@H](O)[C@H](O)[C@H]4O)[C@H](O)[C@H](O)[C@H]3O)cc(O)c12. The third kappa shape index (κ3) is 5.98. The molecule has 2 aliphatic heterocycles. The summed E-state index contributed by atoms with van der Waals surface area (Å²) in [6.45, 7) is -1.29. The molecule has 0 radical (unpaired) electrons. The average molecular weight is 611 g/mol. The summed E-state index contributed by atoms with van der Waals surface area (Å²) in [5, 5.41) is 100. The van der Waals surface area contributed by atoms with Crippen molar-refractivity contribution >= 4 is 11.0 Å². The van der Waals surface area contributed by atoms with Crippen LogP contribution in [0, 0.1) is 0 Å². The summed E-state index contributed by atoms with van der Waals surface area (Å²) in [7, 11) is 0. The van der Waals surface area contributed by atoms with Gasteiger partial charge in [-0.3, -0.25) is 4.79 Å². The first-order chi connectivity index (χ1) is 20.4. The van der Waals surface area contributed by atoms with E-state index in [1.54, 1.807) is 0 Å². The molecule has 16 nitrogen and oxygen atoms in total. The lowest BCUT2D eigenvalue weighted by molar-refractivity contribution is -0.323. The topological polar surface area (TPSA) is 269 Å². The van der Waals surface area contributed by atoms with Gasteiger partial charge < -0.3 is 74.4 Å². The predicted molar refractivity (Wildman–Crippen MR) is 140 cm³/mol. The van der Waals surface area contributed by atoms with Crippen LogP contribution in [-0.2, 0) is 14.2 Å². The lowest BCUT2D eigenvalue weighted by Crippen LogP contribution is -2.62. The third-order valence-electron chi connectivity index (χ3n) is 7.24. The molecule has 0 amide bonds. The maximum atomic E-state index is 12.7. The highest BCUT2D eigenvalue weighted by molar-refractivity contribution is 5.86. The molecule has 3 heterocycles. The summed E-state index contributed by atoms with van der Waals surface area (Å²) in [6, 6.07) is 7.01. The second-order valence-electron chi connectivity index (χ2n) is 10.2. The summed E-state index contributed by atoms with van der Waals surface area (Å²) in [6.07, 6.45) is -16.4. The van der Waals surface area contributed by atoms with E-state index in [9.17, 15) is 55.9 Å². The van der Waals surface area contributed by atoms with Crippen LogP contribution in [0.5, 0.6) is 23.0 Å². The van der Waals surface area contributed by atoms with Gasteiger partial charge in [-0.25, -0.2) is 0 Å². The molecule has 3 aromatic rings. The van der Waals surface area contributed by atoms with Crippen molar-refractivity contribution in [2.45, 2.75) is 61.4 Å². The van der Waals surface area contributed by atoms with Crippen LogP contribution >= 0.6 is 0 Å². The minimum atomic E-state index is -1.83. The Labute approximate surface area is 241 Å². The standard InChI is InChI=1S/C27H30O16/c28-7-17-20(33)22(35)24(37)26(42-17)39-8-18-21(34)23(36)25(38)27(43-18)40-10-4-13(31)19-14(32)6-15(41-16(19)5-10)9-1-2-11(29)12(30)3-9/h1-6,17-18,20-31,33-38H,7-8H2/t17-,18+,20-,21-,22-,23-,24+,25+,26+,27+/m0/s1. The molecule has 1 aromatic heterocycles. The Morgan fingerprint density at radius 1 is 0.698 bits per heavy atom. The Balaban J connectivity index is 1.36. The van der Waals surface area contributed by atoms with Gasteiger partial charge in [0.25, 0.3) is 0 Å². The van der Waals surface area contributed by atoms with Gasteiger partial charge in [0.05, 0.1) is 13.2 Å². The van der Waals surface area contributed by atoms with E-state index in [0.717, 1.165) is 18.2 Å². The highest BCUT2D eigenvalue weighted by Gasteiger charge is 2.48. The van der Waals surface area contributed by atoms with Crippen LogP contribution in [0.2, 0.25) is 0 Å². The Morgan fingerprint density at radius 3 is 2.02 bits per heavy atom. The predicted octanol–water partition coefficient (Wildman–Crippen LogP) is -2.42. The molecule has 2 saturated heterocycles. The number of phenols is 3. The molecule has 2 fully saturated rings. The van der Waals surface area contributed by atoms with E-state index >= 15 is 0 Å². The lowest BCUT2D eigenvalue weighted by atomic mass is 9.98. The van der Waals surface area contributed by atoms with Gasteiger partial charge in [0, 0.05) is 23.8 Å². The largest absolute Gasteiger partial charge is 0.507 e. The summed E-state index contributed by atoms with van der Waals surface area (Å²) in [5.74, 6) is -1.64. The molecule has 10 atom stereocenters. The number of rotatable bonds is 7. The van der Waals surface area contributed by atoms with Crippen molar-refractivity contribution in [2.75, 3.05) is 13.2 Å². The van der Waals surface area contributed by atoms with Crippen molar-refractivity contribution in [3.63, 3.8) is 0 Å². The second-order valence-corrected chi connectivity index (χ2v) is 10.2. The molecule has 0 saturated carbocycles. The van der Waals surface area contributed by atoms with E-state index in [-0.39, 0.29) is 28.0 Å². The van der Waals surface area contributed by atoms with Crippen LogP contribution in [-0.4, -0.2) is 126 Å². The summed E-state index contributed by atoms with van der Waals surface area (Å²) < 4.78 is 27.6. The van der Waals surface area contributed by atoms with Crippen LogP contribution in [0.15, 0.2) is 45.6 Å². The van der Waals surface area contributed by atoms with Crippen molar-refractivity contribution in [3.8, 4) is 34.3 Å². The van der Waals surface area contributed by atoms with Gasteiger partial charge in [-0.1, -0.05) is 0 Å². The number of phenolic OH excluding ortho intramolecular Hbond substituents is 3. The van der Waals surface area contributed by atoms with E-state index in [1.807, 2.05) is 0 Å². The molecule has 0 spiro atoms. The molecule has 234 valence electrons. The van der Waals surface area contributed by atoms with Crippen LogP contribution < -0.4 is 10.2 Å². The third-order valence-corrected chi connectivity index (χ3v) is 7.24. The zero-order valence-electron chi connectivity index (χ0n) is 22.1. The van der Waals surface area contributed by atoms with Crippen molar-refractivity contribution < 1.29 is 74.4 Å². The molecule has 2 aromatic carbocycles. The average Bonchev–Trinajstić information content (AvgIpc) is 2.97.